The number of carbonyl (C=O) groups excluding carboxylic acids is 3. The lowest BCUT2D eigenvalue weighted by atomic mass is 10.3. The maximum absolute atomic E-state index is 10.6. The van der Waals surface area contributed by atoms with Crippen molar-refractivity contribution in [2.75, 3.05) is 0 Å². The van der Waals surface area contributed by atoms with Crippen LogP contribution in [0.4, 0.5) is 0 Å². The first-order valence-corrected chi connectivity index (χ1v) is 4.80. The highest BCUT2D eigenvalue weighted by Crippen LogP contribution is 1.97. The van der Waals surface area contributed by atoms with Crippen molar-refractivity contribution in [2.24, 2.45) is 0 Å². The molecule has 0 aliphatic heterocycles. The molecule has 2 N–H and O–H groups in total. The van der Waals surface area contributed by atoms with Gasteiger partial charge in [-0.15, -0.1) is 0 Å². The Morgan fingerprint density at radius 2 is 1.80 bits per heavy atom. The molecule has 15 heavy (non-hydrogen) atoms. The van der Waals surface area contributed by atoms with Gasteiger partial charge in [-0.1, -0.05) is 0 Å². The molecule has 0 aromatic heterocycles. The fourth-order valence-corrected chi connectivity index (χ4v) is 0.822. The van der Waals surface area contributed by atoms with E-state index < -0.39 is 35.2 Å². The van der Waals surface area contributed by atoms with Gasteiger partial charge in [-0.2, -0.15) is 13.9 Å². The molecule has 0 atom stereocenters. The van der Waals surface area contributed by atoms with Crippen molar-refractivity contribution in [3.05, 3.63) is 0 Å². The molecule has 0 fully saturated rings. The lowest BCUT2D eigenvalue weighted by Crippen LogP contribution is -2.19. The Labute approximate surface area is 84.3 Å². The Bertz CT molecular complexity index is 346. The molecule has 0 heterocycles. The van der Waals surface area contributed by atoms with Crippen LogP contribution in [0, 0.1) is 0 Å². The maximum Gasteiger partial charge on any atom is 0.448 e. The highest BCUT2D eigenvalue weighted by atomic mass is 32.3. The summed E-state index contributed by atoms with van der Waals surface area (Å²) in [6, 6.07) is 0. The van der Waals surface area contributed by atoms with Crippen molar-refractivity contribution in [1.29, 1.82) is 0 Å². The van der Waals surface area contributed by atoms with Gasteiger partial charge in [0.15, 0.2) is 0 Å². The van der Waals surface area contributed by atoms with Crippen LogP contribution in [-0.2, 0) is 33.8 Å². The third-order valence-electron chi connectivity index (χ3n) is 0.952. The van der Waals surface area contributed by atoms with Crippen LogP contribution in [0.1, 0.15) is 12.8 Å². The molecule has 0 saturated carbocycles. The summed E-state index contributed by atoms with van der Waals surface area (Å²) in [4.78, 5) is 34.8. The van der Waals surface area contributed by atoms with Crippen molar-refractivity contribution >= 4 is 28.7 Å². The van der Waals surface area contributed by atoms with E-state index in [1.807, 2.05) is 0 Å². The number of rotatable bonds is 6. The van der Waals surface area contributed by atoms with Crippen molar-refractivity contribution in [2.45, 2.75) is 12.8 Å². The van der Waals surface area contributed by atoms with E-state index in [9.17, 15) is 22.8 Å². The first-order chi connectivity index (χ1) is 6.85. The minimum Gasteiger partial charge on any atom is -0.341 e. The molecular weight excluding hydrogens is 234 g/mol. The predicted octanol–water partition coefficient (Wildman–Crippen LogP) is -1.68. The van der Waals surface area contributed by atoms with Gasteiger partial charge in [0.25, 0.3) is 0 Å². The number of amides is 1. The Balaban J connectivity index is 3.81. The van der Waals surface area contributed by atoms with Gasteiger partial charge in [0, 0.05) is 0 Å². The molecule has 0 aliphatic rings. The van der Waals surface area contributed by atoms with E-state index in [-0.39, 0.29) is 6.41 Å². The van der Waals surface area contributed by atoms with Gasteiger partial charge in [-0.25, -0.2) is 4.79 Å². The Morgan fingerprint density at radius 3 is 2.27 bits per heavy atom. The van der Waals surface area contributed by atoms with Crippen LogP contribution in [0.2, 0.25) is 0 Å². The average molecular weight is 241 g/mol. The fourth-order valence-electron chi connectivity index (χ4n) is 0.504. The van der Waals surface area contributed by atoms with Crippen LogP contribution in [0.3, 0.4) is 0 Å². The largest absolute Gasteiger partial charge is 0.448 e. The Morgan fingerprint density at radius 1 is 1.27 bits per heavy atom. The summed E-state index contributed by atoms with van der Waals surface area (Å²) in [5, 5.41) is 0. The summed E-state index contributed by atoms with van der Waals surface area (Å²) in [6.45, 7) is 0. The van der Waals surface area contributed by atoms with E-state index in [2.05, 4.69) is 9.02 Å². The van der Waals surface area contributed by atoms with Crippen molar-refractivity contribution in [1.82, 2.24) is 5.48 Å². The first kappa shape index (κ1) is 13.3. The summed E-state index contributed by atoms with van der Waals surface area (Å²) in [7, 11) is -4.86. The Kier molecular flexibility index (Phi) is 5.26. The quantitative estimate of drug-likeness (QED) is 0.319. The summed E-state index contributed by atoms with van der Waals surface area (Å²) >= 11 is 0. The smallest absolute Gasteiger partial charge is 0.341 e. The molecule has 10 heteroatoms. The van der Waals surface area contributed by atoms with E-state index >= 15 is 0 Å². The highest BCUT2D eigenvalue weighted by molar-refractivity contribution is 7.81. The molecule has 0 rings (SSSR count). The molecule has 0 radical (unpaired) electrons. The van der Waals surface area contributed by atoms with E-state index in [4.69, 9.17) is 4.55 Å². The van der Waals surface area contributed by atoms with Crippen molar-refractivity contribution in [3.8, 4) is 0 Å². The number of hydrogen-bond acceptors (Lipinski definition) is 7. The summed E-state index contributed by atoms with van der Waals surface area (Å²) in [6.07, 6.45) is -1.03. The minimum absolute atomic E-state index is 0.0917. The molecule has 0 spiro atoms. The molecule has 1 amide bonds. The van der Waals surface area contributed by atoms with Crippen molar-refractivity contribution in [3.63, 3.8) is 0 Å². The third kappa shape index (κ3) is 8.64. The van der Waals surface area contributed by atoms with E-state index in [1.165, 1.54) is 0 Å². The van der Waals surface area contributed by atoms with Crippen LogP contribution in [0.15, 0.2) is 0 Å². The zero-order valence-corrected chi connectivity index (χ0v) is 8.02. The third-order valence-corrected chi connectivity index (χ3v) is 1.35. The monoisotopic (exact) mass is 241 g/mol. The van der Waals surface area contributed by atoms with E-state index in [1.54, 1.807) is 5.48 Å². The van der Waals surface area contributed by atoms with Crippen LogP contribution < -0.4 is 5.48 Å². The van der Waals surface area contributed by atoms with Gasteiger partial charge >= 0.3 is 22.3 Å². The van der Waals surface area contributed by atoms with E-state index in [0.717, 1.165) is 0 Å². The molecule has 0 aromatic carbocycles. The molecule has 0 saturated heterocycles. The molecule has 0 bridgehead atoms. The second-order valence-corrected chi connectivity index (χ2v) is 3.11. The second-order valence-electron chi connectivity index (χ2n) is 2.09. The lowest BCUT2D eigenvalue weighted by Gasteiger charge is -2.00. The Hall–Kier alpha value is -1.68. The minimum atomic E-state index is -4.86. The SMILES string of the molecule is O=CNOC(=O)CCC(=O)OS(=O)(=O)O. The molecular formula is C5H7NO8S. The number of carbonyl (C=O) groups is 3. The summed E-state index contributed by atoms with van der Waals surface area (Å²) in [5.41, 5.74) is 1.57. The second kappa shape index (κ2) is 5.93. The molecule has 0 aliphatic carbocycles. The average Bonchev–Trinajstić information content (AvgIpc) is 2.08. The van der Waals surface area contributed by atoms with Crippen molar-refractivity contribution < 1.29 is 36.4 Å². The van der Waals surface area contributed by atoms with Gasteiger partial charge in [-0.3, -0.25) is 14.1 Å². The van der Waals surface area contributed by atoms with Gasteiger partial charge in [-0.05, 0) is 0 Å². The van der Waals surface area contributed by atoms with Gasteiger partial charge < -0.3 is 9.02 Å². The predicted molar refractivity (Wildman–Crippen MR) is 42.2 cm³/mol. The summed E-state index contributed by atoms with van der Waals surface area (Å²) < 4.78 is 31.5. The normalized spacial score (nSPS) is 10.2. The molecule has 86 valence electrons. The zero-order chi connectivity index (χ0) is 11.9. The fraction of sp³-hybridized carbons (Fsp3) is 0.400. The topological polar surface area (TPSA) is 136 Å². The van der Waals surface area contributed by atoms with E-state index in [0.29, 0.717) is 0 Å². The molecule has 9 nitrogen and oxygen atoms in total. The van der Waals surface area contributed by atoms with Crippen LogP contribution in [0.5, 0.6) is 0 Å². The molecule has 0 unspecified atom stereocenters. The lowest BCUT2D eigenvalue weighted by molar-refractivity contribution is -0.155. The van der Waals surface area contributed by atoms with Crippen LogP contribution >= 0.6 is 0 Å². The molecule has 0 aromatic rings. The zero-order valence-electron chi connectivity index (χ0n) is 7.20. The first-order valence-electron chi connectivity index (χ1n) is 3.43. The maximum atomic E-state index is 10.6. The number of hydrogen-bond donors (Lipinski definition) is 2. The summed E-state index contributed by atoms with van der Waals surface area (Å²) in [5.74, 6) is -2.28. The van der Waals surface area contributed by atoms with Crippen LogP contribution in [-0.4, -0.2) is 31.3 Å². The van der Waals surface area contributed by atoms with Gasteiger partial charge in [0.2, 0.25) is 6.41 Å². The van der Waals surface area contributed by atoms with Crippen LogP contribution in [0.25, 0.3) is 0 Å². The highest BCUT2D eigenvalue weighted by Gasteiger charge is 2.15. The van der Waals surface area contributed by atoms with Gasteiger partial charge in [0.05, 0.1) is 12.8 Å². The standard InChI is InChI=1S/C5H7NO8S/c7-3-6-13-4(8)1-2-5(9)14-15(10,11)12/h3H,1-2H2,(H,6,7)(H,10,11,12). The number of nitrogens with one attached hydrogen (secondary N) is 1. The number of hydroxylamine groups is 1. The van der Waals surface area contributed by atoms with Gasteiger partial charge in [0.1, 0.15) is 0 Å².